The van der Waals surface area contributed by atoms with Gasteiger partial charge >= 0.3 is 6.03 Å². The molecule has 1 N–H and O–H groups in total. The van der Waals surface area contributed by atoms with Crippen LogP contribution in [0.1, 0.15) is 26.2 Å². The fourth-order valence-electron chi connectivity index (χ4n) is 2.64. The summed E-state index contributed by atoms with van der Waals surface area (Å²) in [5.74, 6) is 2.14. The van der Waals surface area contributed by atoms with Gasteiger partial charge in [-0.1, -0.05) is 19.0 Å². The van der Waals surface area contributed by atoms with E-state index in [2.05, 4.69) is 34.3 Å². The summed E-state index contributed by atoms with van der Waals surface area (Å²) >= 11 is 0. The van der Waals surface area contributed by atoms with Gasteiger partial charge in [-0.2, -0.15) is 4.98 Å². The number of carbonyl (C=O) groups excluding carboxylic acids is 1. The first-order valence-corrected chi connectivity index (χ1v) is 8.37. The molecule has 7 heteroatoms. The standard InChI is InChI=1S/C17H23N5O2/c1-12(2)5-7-19-17(23)22-10-13(11-22)8-15-20-16(21-24-15)14-4-3-6-18-9-14/h3-4,6,9,12-13H,5,7-8,10-11H2,1-2H3,(H,19,23). The van der Waals surface area contributed by atoms with E-state index in [4.69, 9.17) is 4.52 Å². The lowest BCUT2D eigenvalue weighted by Gasteiger charge is -2.38. The number of carbonyl (C=O) groups is 1. The summed E-state index contributed by atoms with van der Waals surface area (Å²) in [6, 6.07) is 3.76. The van der Waals surface area contributed by atoms with E-state index in [0.717, 1.165) is 31.6 Å². The zero-order valence-corrected chi connectivity index (χ0v) is 14.1. The van der Waals surface area contributed by atoms with Crippen LogP contribution in [0.4, 0.5) is 4.79 Å². The highest BCUT2D eigenvalue weighted by molar-refractivity contribution is 5.75. The first-order chi connectivity index (χ1) is 11.6. The van der Waals surface area contributed by atoms with Gasteiger partial charge in [-0.25, -0.2) is 4.79 Å². The molecule has 0 saturated carbocycles. The number of hydrogen-bond donors (Lipinski definition) is 1. The molecule has 0 aliphatic carbocycles. The molecular weight excluding hydrogens is 306 g/mol. The second-order valence-electron chi connectivity index (χ2n) is 6.64. The monoisotopic (exact) mass is 329 g/mol. The average molecular weight is 329 g/mol. The number of likely N-dealkylation sites (tertiary alicyclic amines) is 1. The Morgan fingerprint density at radius 2 is 2.29 bits per heavy atom. The zero-order chi connectivity index (χ0) is 16.9. The molecule has 1 aliphatic heterocycles. The van der Waals surface area contributed by atoms with Crippen LogP contribution in [0.3, 0.4) is 0 Å². The van der Waals surface area contributed by atoms with Gasteiger partial charge in [-0.3, -0.25) is 4.98 Å². The second-order valence-corrected chi connectivity index (χ2v) is 6.64. The minimum Gasteiger partial charge on any atom is -0.339 e. The van der Waals surface area contributed by atoms with Gasteiger partial charge < -0.3 is 14.7 Å². The van der Waals surface area contributed by atoms with Gasteiger partial charge in [0.15, 0.2) is 0 Å². The van der Waals surface area contributed by atoms with Crippen LogP contribution < -0.4 is 5.32 Å². The van der Waals surface area contributed by atoms with E-state index >= 15 is 0 Å². The number of nitrogens with one attached hydrogen (secondary N) is 1. The van der Waals surface area contributed by atoms with Crippen molar-refractivity contribution in [3.63, 3.8) is 0 Å². The van der Waals surface area contributed by atoms with Crippen molar-refractivity contribution in [1.29, 1.82) is 0 Å². The summed E-state index contributed by atoms with van der Waals surface area (Å²) in [5.41, 5.74) is 0.840. The molecule has 3 rings (SSSR count). The van der Waals surface area contributed by atoms with E-state index < -0.39 is 0 Å². The molecule has 1 fully saturated rings. The van der Waals surface area contributed by atoms with Crippen LogP contribution in [-0.2, 0) is 6.42 Å². The molecule has 24 heavy (non-hydrogen) atoms. The fraction of sp³-hybridized carbons (Fsp3) is 0.529. The smallest absolute Gasteiger partial charge is 0.317 e. The minimum absolute atomic E-state index is 0.0217. The fourth-order valence-corrected chi connectivity index (χ4v) is 2.64. The predicted octanol–water partition coefficient (Wildman–Crippen LogP) is 2.36. The maximum atomic E-state index is 12.0. The predicted molar refractivity (Wildman–Crippen MR) is 89.1 cm³/mol. The second kappa shape index (κ2) is 7.42. The van der Waals surface area contributed by atoms with Gasteiger partial charge in [0.25, 0.3) is 0 Å². The van der Waals surface area contributed by atoms with Crippen molar-refractivity contribution in [2.75, 3.05) is 19.6 Å². The van der Waals surface area contributed by atoms with Crippen LogP contribution in [0.5, 0.6) is 0 Å². The van der Waals surface area contributed by atoms with Crippen molar-refractivity contribution < 1.29 is 9.32 Å². The highest BCUT2D eigenvalue weighted by Crippen LogP contribution is 2.21. The van der Waals surface area contributed by atoms with Crippen LogP contribution in [-0.4, -0.2) is 45.7 Å². The molecule has 0 aromatic carbocycles. The lowest BCUT2D eigenvalue weighted by atomic mass is 9.97. The molecule has 0 atom stereocenters. The molecule has 7 nitrogen and oxygen atoms in total. The molecule has 128 valence electrons. The van der Waals surface area contributed by atoms with E-state index in [-0.39, 0.29) is 6.03 Å². The number of aromatic nitrogens is 3. The van der Waals surface area contributed by atoms with Crippen LogP contribution in [0.2, 0.25) is 0 Å². The first-order valence-electron chi connectivity index (χ1n) is 8.37. The number of amides is 2. The summed E-state index contributed by atoms with van der Waals surface area (Å²) in [5, 5.41) is 6.94. The summed E-state index contributed by atoms with van der Waals surface area (Å²) < 4.78 is 5.30. The Balaban J connectivity index is 1.43. The Kier molecular flexibility index (Phi) is 5.08. The van der Waals surface area contributed by atoms with Gasteiger partial charge in [-0.15, -0.1) is 0 Å². The highest BCUT2D eigenvalue weighted by atomic mass is 16.5. The van der Waals surface area contributed by atoms with Crippen LogP contribution in [0, 0.1) is 11.8 Å². The molecule has 2 amide bonds. The van der Waals surface area contributed by atoms with Gasteiger partial charge in [0.05, 0.1) is 0 Å². The molecule has 2 aromatic heterocycles. The van der Waals surface area contributed by atoms with Gasteiger partial charge in [0.1, 0.15) is 0 Å². The Labute approximate surface area is 141 Å². The Hall–Kier alpha value is -2.44. The van der Waals surface area contributed by atoms with Crippen LogP contribution in [0.25, 0.3) is 11.4 Å². The molecule has 3 heterocycles. The maximum Gasteiger partial charge on any atom is 0.317 e. The molecular formula is C17H23N5O2. The molecule has 0 unspecified atom stereocenters. The highest BCUT2D eigenvalue weighted by Gasteiger charge is 2.31. The molecule has 0 bridgehead atoms. The Morgan fingerprint density at radius 3 is 3.00 bits per heavy atom. The lowest BCUT2D eigenvalue weighted by molar-refractivity contribution is 0.115. The van der Waals surface area contributed by atoms with E-state index in [9.17, 15) is 4.79 Å². The lowest BCUT2D eigenvalue weighted by Crippen LogP contribution is -2.54. The van der Waals surface area contributed by atoms with Crippen molar-refractivity contribution in [2.24, 2.45) is 11.8 Å². The topological polar surface area (TPSA) is 84.2 Å². The van der Waals surface area contributed by atoms with Crippen molar-refractivity contribution in [3.8, 4) is 11.4 Å². The molecule has 1 saturated heterocycles. The van der Waals surface area contributed by atoms with E-state index in [1.807, 2.05) is 17.0 Å². The van der Waals surface area contributed by atoms with Gasteiger partial charge in [0, 0.05) is 49.9 Å². The SMILES string of the molecule is CC(C)CCNC(=O)N1CC(Cc2nc(-c3cccnc3)no2)C1. The number of pyridine rings is 1. The maximum absolute atomic E-state index is 12.0. The van der Waals surface area contributed by atoms with Crippen molar-refractivity contribution in [2.45, 2.75) is 26.7 Å². The number of nitrogens with zero attached hydrogens (tertiary/aromatic N) is 4. The third-order valence-corrected chi connectivity index (χ3v) is 4.09. The summed E-state index contributed by atoms with van der Waals surface area (Å²) in [7, 11) is 0. The Morgan fingerprint density at radius 1 is 1.46 bits per heavy atom. The Bertz CT molecular complexity index is 665. The van der Waals surface area contributed by atoms with Gasteiger partial charge in [-0.05, 0) is 24.5 Å². The van der Waals surface area contributed by atoms with Crippen molar-refractivity contribution >= 4 is 6.03 Å². The van der Waals surface area contributed by atoms with E-state index in [0.29, 0.717) is 30.0 Å². The van der Waals surface area contributed by atoms with Crippen LogP contribution in [0.15, 0.2) is 29.0 Å². The van der Waals surface area contributed by atoms with Gasteiger partial charge in [0.2, 0.25) is 11.7 Å². The first kappa shape index (κ1) is 16.4. The van der Waals surface area contributed by atoms with E-state index in [1.54, 1.807) is 12.4 Å². The molecule has 1 aliphatic rings. The quantitative estimate of drug-likeness (QED) is 0.879. The summed E-state index contributed by atoms with van der Waals surface area (Å²) in [6.45, 7) is 6.50. The number of rotatable bonds is 6. The third-order valence-electron chi connectivity index (χ3n) is 4.09. The normalized spacial score (nSPS) is 14.7. The molecule has 0 radical (unpaired) electrons. The average Bonchev–Trinajstić information content (AvgIpc) is 2.99. The van der Waals surface area contributed by atoms with Crippen molar-refractivity contribution in [1.82, 2.24) is 25.3 Å². The largest absolute Gasteiger partial charge is 0.339 e. The number of urea groups is 1. The minimum atomic E-state index is 0.0217. The zero-order valence-electron chi connectivity index (χ0n) is 14.1. The molecule has 2 aromatic rings. The molecule has 0 spiro atoms. The third kappa shape index (κ3) is 4.10. The van der Waals surface area contributed by atoms with Crippen LogP contribution >= 0.6 is 0 Å². The summed E-state index contributed by atoms with van der Waals surface area (Å²) in [4.78, 5) is 22.2. The van der Waals surface area contributed by atoms with Crippen molar-refractivity contribution in [3.05, 3.63) is 30.4 Å². The summed E-state index contributed by atoms with van der Waals surface area (Å²) in [6.07, 6.45) is 5.12. The number of hydrogen-bond acceptors (Lipinski definition) is 5. The van der Waals surface area contributed by atoms with E-state index in [1.165, 1.54) is 0 Å².